The number of amides is 2. The van der Waals surface area contributed by atoms with Gasteiger partial charge in [-0.1, -0.05) is 6.42 Å². The summed E-state index contributed by atoms with van der Waals surface area (Å²) in [4.78, 5) is 11.3. The molecule has 0 radical (unpaired) electrons. The summed E-state index contributed by atoms with van der Waals surface area (Å²) in [6.45, 7) is 4.55. The number of hydrogen-bond acceptors (Lipinski definition) is 2. The summed E-state index contributed by atoms with van der Waals surface area (Å²) >= 11 is 0. The Bertz CT molecular complexity index is 207. The van der Waals surface area contributed by atoms with Gasteiger partial charge >= 0.3 is 6.03 Å². The number of hydrogen-bond donors (Lipinski definition) is 3. The van der Waals surface area contributed by atoms with Gasteiger partial charge in [0.25, 0.3) is 0 Å². The van der Waals surface area contributed by atoms with Gasteiger partial charge in [-0.15, -0.1) is 0 Å². The second kappa shape index (κ2) is 5.95. The normalized spacial score (nSPS) is 26.4. The molecule has 0 saturated heterocycles. The van der Waals surface area contributed by atoms with E-state index in [0.717, 1.165) is 25.7 Å². The van der Waals surface area contributed by atoms with Gasteiger partial charge in [-0.25, -0.2) is 4.79 Å². The van der Waals surface area contributed by atoms with Crippen molar-refractivity contribution < 1.29 is 9.90 Å². The number of urea groups is 1. The summed E-state index contributed by atoms with van der Waals surface area (Å²) in [5.41, 5.74) is 0. The molecule has 1 saturated carbocycles. The summed E-state index contributed by atoms with van der Waals surface area (Å²) in [7, 11) is 0. The third-order valence-electron chi connectivity index (χ3n) is 2.73. The van der Waals surface area contributed by atoms with E-state index in [2.05, 4.69) is 10.6 Å². The first-order valence-electron chi connectivity index (χ1n) is 5.80. The quantitative estimate of drug-likeness (QED) is 0.662. The maximum absolute atomic E-state index is 11.3. The maximum atomic E-state index is 11.3. The zero-order chi connectivity index (χ0) is 11.3. The van der Waals surface area contributed by atoms with Crippen LogP contribution >= 0.6 is 0 Å². The maximum Gasteiger partial charge on any atom is 0.314 e. The van der Waals surface area contributed by atoms with E-state index in [0.29, 0.717) is 12.5 Å². The highest BCUT2D eigenvalue weighted by Gasteiger charge is 2.20. The van der Waals surface area contributed by atoms with Crippen molar-refractivity contribution in [3.8, 4) is 0 Å². The minimum Gasteiger partial charge on any atom is -0.393 e. The van der Waals surface area contributed by atoms with Crippen molar-refractivity contribution in [1.82, 2.24) is 10.6 Å². The second-order valence-electron chi connectivity index (χ2n) is 4.70. The fourth-order valence-corrected chi connectivity index (χ4v) is 2.00. The molecule has 2 amide bonds. The van der Waals surface area contributed by atoms with Gasteiger partial charge in [0, 0.05) is 12.6 Å². The highest BCUT2D eigenvalue weighted by molar-refractivity contribution is 5.74. The predicted octanol–water partition coefficient (Wildman–Crippen LogP) is 1.25. The third-order valence-corrected chi connectivity index (χ3v) is 2.73. The predicted molar refractivity (Wildman–Crippen MR) is 59.6 cm³/mol. The van der Waals surface area contributed by atoms with Crippen LogP contribution in [-0.2, 0) is 0 Å². The van der Waals surface area contributed by atoms with Crippen LogP contribution in [0.1, 0.15) is 39.5 Å². The molecular formula is C11H22N2O2. The van der Waals surface area contributed by atoms with E-state index in [4.69, 9.17) is 0 Å². The topological polar surface area (TPSA) is 61.4 Å². The van der Waals surface area contributed by atoms with Gasteiger partial charge in [0.1, 0.15) is 0 Å². The van der Waals surface area contributed by atoms with E-state index < -0.39 is 0 Å². The highest BCUT2D eigenvalue weighted by atomic mass is 16.3. The molecule has 88 valence electrons. The SMILES string of the molecule is CC(C)NC(=O)NCC1CCCC(O)C1. The Hall–Kier alpha value is -0.770. The smallest absolute Gasteiger partial charge is 0.314 e. The molecule has 1 aliphatic carbocycles. The molecule has 1 rings (SSSR count). The zero-order valence-corrected chi connectivity index (χ0v) is 9.62. The van der Waals surface area contributed by atoms with Gasteiger partial charge in [-0.3, -0.25) is 0 Å². The van der Waals surface area contributed by atoms with E-state index in [1.807, 2.05) is 13.8 Å². The fraction of sp³-hybridized carbons (Fsp3) is 0.909. The van der Waals surface area contributed by atoms with Gasteiger partial charge < -0.3 is 15.7 Å². The zero-order valence-electron chi connectivity index (χ0n) is 9.62. The van der Waals surface area contributed by atoms with E-state index in [-0.39, 0.29) is 18.2 Å². The molecule has 0 heterocycles. The number of aliphatic hydroxyl groups is 1. The molecule has 1 fully saturated rings. The first-order valence-corrected chi connectivity index (χ1v) is 5.80. The Morgan fingerprint density at radius 3 is 2.80 bits per heavy atom. The molecule has 0 aliphatic heterocycles. The van der Waals surface area contributed by atoms with E-state index in [1.165, 1.54) is 0 Å². The van der Waals surface area contributed by atoms with Crippen LogP contribution in [0.25, 0.3) is 0 Å². The molecule has 3 N–H and O–H groups in total. The average Bonchev–Trinajstić information content (AvgIpc) is 2.14. The molecule has 0 aromatic carbocycles. The van der Waals surface area contributed by atoms with Crippen LogP contribution in [0.3, 0.4) is 0 Å². The largest absolute Gasteiger partial charge is 0.393 e. The molecule has 4 nitrogen and oxygen atoms in total. The summed E-state index contributed by atoms with van der Waals surface area (Å²) in [5.74, 6) is 0.437. The number of rotatable bonds is 3. The van der Waals surface area contributed by atoms with Crippen LogP contribution in [0.4, 0.5) is 4.79 Å². The fourth-order valence-electron chi connectivity index (χ4n) is 2.00. The van der Waals surface area contributed by atoms with Crippen molar-refractivity contribution in [2.24, 2.45) is 5.92 Å². The highest BCUT2D eigenvalue weighted by Crippen LogP contribution is 2.23. The molecule has 0 spiro atoms. The minimum atomic E-state index is -0.168. The van der Waals surface area contributed by atoms with Crippen LogP contribution in [-0.4, -0.2) is 29.8 Å². The summed E-state index contributed by atoms with van der Waals surface area (Å²) < 4.78 is 0. The van der Waals surface area contributed by atoms with Crippen LogP contribution < -0.4 is 10.6 Å². The molecule has 2 unspecified atom stereocenters. The Morgan fingerprint density at radius 2 is 2.20 bits per heavy atom. The molecule has 0 aromatic rings. The van der Waals surface area contributed by atoms with E-state index >= 15 is 0 Å². The molecule has 4 heteroatoms. The van der Waals surface area contributed by atoms with Gasteiger partial charge in [-0.05, 0) is 39.0 Å². The molecule has 0 bridgehead atoms. The third kappa shape index (κ3) is 5.02. The van der Waals surface area contributed by atoms with E-state index in [1.54, 1.807) is 0 Å². The molecule has 2 atom stereocenters. The lowest BCUT2D eigenvalue weighted by atomic mass is 9.87. The van der Waals surface area contributed by atoms with Crippen molar-refractivity contribution >= 4 is 6.03 Å². The Labute approximate surface area is 91.4 Å². The van der Waals surface area contributed by atoms with Gasteiger partial charge in [-0.2, -0.15) is 0 Å². The van der Waals surface area contributed by atoms with Crippen molar-refractivity contribution in [2.75, 3.05) is 6.54 Å². The average molecular weight is 214 g/mol. The van der Waals surface area contributed by atoms with Crippen molar-refractivity contribution in [3.05, 3.63) is 0 Å². The second-order valence-corrected chi connectivity index (χ2v) is 4.70. The first-order chi connectivity index (χ1) is 7.08. The van der Waals surface area contributed by atoms with Crippen LogP contribution in [0.15, 0.2) is 0 Å². The lowest BCUT2D eigenvalue weighted by Gasteiger charge is -2.26. The number of carbonyl (C=O) groups is 1. The van der Waals surface area contributed by atoms with E-state index in [9.17, 15) is 9.90 Å². The van der Waals surface area contributed by atoms with Crippen molar-refractivity contribution in [3.63, 3.8) is 0 Å². The summed E-state index contributed by atoms with van der Waals surface area (Å²) in [6.07, 6.45) is 3.74. The molecule has 1 aliphatic rings. The monoisotopic (exact) mass is 214 g/mol. The van der Waals surface area contributed by atoms with Crippen molar-refractivity contribution in [2.45, 2.75) is 51.7 Å². The number of nitrogens with one attached hydrogen (secondary N) is 2. The summed E-state index contributed by atoms with van der Waals surface area (Å²) in [5, 5.41) is 15.1. The van der Waals surface area contributed by atoms with Crippen molar-refractivity contribution in [1.29, 1.82) is 0 Å². The van der Waals surface area contributed by atoms with Gasteiger partial charge in [0.2, 0.25) is 0 Å². The van der Waals surface area contributed by atoms with Crippen LogP contribution in [0.5, 0.6) is 0 Å². The van der Waals surface area contributed by atoms with Gasteiger partial charge in [0.15, 0.2) is 0 Å². The number of aliphatic hydroxyl groups excluding tert-OH is 1. The van der Waals surface area contributed by atoms with Gasteiger partial charge in [0.05, 0.1) is 6.10 Å². The van der Waals surface area contributed by atoms with Crippen LogP contribution in [0.2, 0.25) is 0 Å². The molecule has 15 heavy (non-hydrogen) atoms. The lowest BCUT2D eigenvalue weighted by molar-refractivity contribution is 0.101. The number of carbonyl (C=O) groups excluding carboxylic acids is 1. The Balaban J connectivity index is 2.16. The first kappa shape index (κ1) is 12.3. The van der Waals surface area contributed by atoms with Crippen LogP contribution in [0, 0.1) is 5.92 Å². The summed E-state index contributed by atoms with van der Waals surface area (Å²) in [6, 6.07) is 0.0620. The lowest BCUT2D eigenvalue weighted by Crippen LogP contribution is -2.42. The molecular weight excluding hydrogens is 192 g/mol. The standard InChI is InChI=1S/C11H22N2O2/c1-8(2)13-11(15)12-7-9-4-3-5-10(14)6-9/h8-10,14H,3-7H2,1-2H3,(H2,12,13,15). The minimum absolute atomic E-state index is 0.106. The molecule has 0 aromatic heterocycles. The Kier molecular flexibility index (Phi) is 4.88. The Morgan fingerprint density at radius 1 is 1.47 bits per heavy atom.